The number of amides is 1. The van der Waals surface area contributed by atoms with Crippen LogP contribution in [0.1, 0.15) is 41.3 Å². The molecule has 2 rings (SSSR count). The minimum Gasteiger partial charge on any atom is -0.481 e. The summed E-state index contributed by atoms with van der Waals surface area (Å²) in [5, 5.41) is 13.0. The summed E-state index contributed by atoms with van der Waals surface area (Å²) in [7, 11) is 0. The van der Waals surface area contributed by atoms with Gasteiger partial charge >= 0.3 is 5.97 Å². The maximum Gasteiger partial charge on any atom is 0.306 e. The van der Waals surface area contributed by atoms with Crippen molar-refractivity contribution in [3.63, 3.8) is 0 Å². The van der Waals surface area contributed by atoms with Crippen LogP contribution in [0, 0.1) is 25.7 Å². The van der Waals surface area contributed by atoms with Crippen LogP contribution in [-0.2, 0) is 16.1 Å². The number of aliphatic carboxylic acids is 1. The van der Waals surface area contributed by atoms with Gasteiger partial charge in [-0.05, 0) is 33.1 Å². The Morgan fingerprint density at radius 2 is 2.05 bits per heavy atom. The van der Waals surface area contributed by atoms with Gasteiger partial charge in [0.1, 0.15) is 0 Å². The van der Waals surface area contributed by atoms with Crippen LogP contribution in [0.3, 0.4) is 0 Å². The van der Waals surface area contributed by atoms with Gasteiger partial charge in [0.05, 0.1) is 23.2 Å². The lowest BCUT2D eigenvalue weighted by atomic mass is 9.81. The standard InChI is InChI=1S/C14H20N2O3S/c1-8-12(20-9(2)16-8)7-15-13(17)10-4-3-5-11(6-10)14(18)19/h10-11H,3-7H2,1-2H3,(H,15,17)(H,18,19). The van der Waals surface area contributed by atoms with E-state index in [2.05, 4.69) is 10.3 Å². The zero-order valence-electron chi connectivity index (χ0n) is 11.8. The lowest BCUT2D eigenvalue weighted by molar-refractivity contribution is -0.144. The highest BCUT2D eigenvalue weighted by atomic mass is 32.1. The second-order valence-corrected chi connectivity index (χ2v) is 6.65. The van der Waals surface area contributed by atoms with E-state index >= 15 is 0 Å². The number of nitrogens with one attached hydrogen (secondary N) is 1. The van der Waals surface area contributed by atoms with Crippen molar-refractivity contribution in [1.29, 1.82) is 0 Å². The van der Waals surface area contributed by atoms with Crippen molar-refractivity contribution in [3.8, 4) is 0 Å². The summed E-state index contributed by atoms with van der Waals surface area (Å²) >= 11 is 1.59. The van der Waals surface area contributed by atoms with Gasteiger partial charge in [-0.25, -0.2) is 4.98 Å². The first-order chi connectivity index (χ1) is 9.47. The first-order valence-corrected chi connectivity index (χ1v) is 7.72. The smallest absolute Gasteiger partial charge is 0.306 e. The van der Waals surface area contributed by atoms with Crippen molar-refractivity contribution in [3.05, 3.63) is 15.6 Å². The molecule has 1 aromatic rings. The van der Waals surface area contributed by atoms with E-state index in [-0.39, 0.29) is 17.7 Å². The number of carbonyl (C=O) groups excluding carboxylic acids is 1. The lowest BCUT2D eigenvalue weighted by Crippen LogP contribution is -2.35. The molecule has 1 aliphatic rings. The molecule has 110 valence electrons. The fourth-order valence-corrected chi connectivity index (χ4v) is 3.58. The van der Waals surface area contributed by atoms with Crippen LogP contribution in [0.25, 0.3) is 0 Å². The summed E-state index contributed by atoms with van der Waals surface area (Å²) in [6.45, 7) is 4.37. The molecule has 2 unspecified atom stereocenters. The molecular weight excluding hydrogens is 276 g/mol. The zero-order chi connectivity index (χ0) is 14.7. The predicted molar refractivity (Wildman–Crippen MR) is 76.5 cm³/mol. The Labute approximate surface area is 122 Å². The lowest BCUT2D eigenvalue weighted by Gasteiger charge is -2.25. The fraction of sp³-hybridized carbons (Fsp3) is 0.643. The van der Waals surface area contributed by atoms with Crippen molar-refractivity contribution >= 4 is 23.2 Å². The highest BCUT2D eigenvalue weighted by Gasteiger charge is 2.30. The Balaban J connectivity index is 1.88. The molecule has 1 heterocycles. The molecule has 6 heteroatoms. The predicted octanol–water partition coefficient (Wildman–Crippen LogP) is 2.27. The van der Waals surface area contributed by atoms with Crippen molar-refractivity contribution in [1.82, 2.24) is 10.3 Å². The summed E-state index contributed by atoms with van der Waals surface area (Å²) in [6, 6.07) is 0. The molecule has 2 atom stereocenters. The molecule has 1 fully saturated rings. The van der Waals surface area contributed by atoms with E-state index in [4.69, 9.17) is 5.11 Å². The van der Waals surface area contributed by atoms with Gasteiger partial charge in [0, 0.05) is 10.8 Å². The SMILES string of the molecule is Cc1nc(C)c(CNC(=O)C2CCCC(C(=O)O)C2)s1. The third kappa shape index (κ3) is 3.56. The second kappa shape index (κ2) is 6.35. The van der Waals surface area contributed by atoms with E-state index in [1.807, 2.05) is 13.8 Å². The fourth-order valence-electron chi connectivity index (χ4n) is 2.70. The Bertz CT molecular complexity index is 513. The van der Waals surface area contributed by atoms with Gasteiger partial charge in [0.15, 0.2) is 0 Å². The summed E-state index contributed by atoms with van der Waals surface area (Å²) in [4.78, 5) is 28.5. The number of hydrogen-bond donors (Lipinski definition) is 2. The van der Waals surface area contributed by atoms with Gasteiger partial charge in [-0.1, -0.05) is 6.42 Å². The van der Waals surface area contributed by atoms with Crippen molar-refractivity contribution in [2.45, 2.75) is 46.1 Å². The third-order valence-corrected chi connectivity index (χ3v) is 4.89. The van der Waals surface area contributed by atoms with Crippen LogP contribution in [-0.4, -0.2) is 22.0 Å². The van der Waals surface area contributed by atoms with Crippen LogP contribution in [0.4, 0.5) is 0 Å². The highest BCUT2D eigenvalue weighted by Crippen LogP contribution is 2.29. The van der Waals surface area contributed by atoms with Crippen molar-refractivity contribution in [2.75, 3.05) is 0 Å². The number of aryl methyl sites for hydroxylation is 2. The maximum absolute atomic E-state index is 12.1. The Morgan fingerprint density at radius 1 is 1.35 bits per heavy atom. The van der Waals surface area contributed by atoms with E-state index in [0.717, 1.165) is 28.4 Å². The number of carboxylic acids is 1. The van der Waals surface area contributed by atoms with E-state index < -0.39 is 5.97 Å². The normalized spacial score (nSPS) is 22.5. The molecule has 1 saturated carbocycles. The third-order valence-electron chi connectivity index (χ3n) is 3.82. The quantitative estimate of drug-likeness (QED) is 0.893. The first kappa shape index (κ1) is 15.0. The number of aromatic nitrogens is 1. The van der Waals surface area contributed by atoms with Crippen LogP contribution in [0.2, 0.25) is 0 Å². The zero-order valence-corrected chi connectivity index (χ0v) is 12.6. The van der Waals surface area contributed by atoms with E-state index in [9.17, 15) is 9.59 Å². The number of hydrogen-bond acceptors (Lipinski definition) is 4. The molecule has 2 N–H and O–H groups in total. The molecule has 1 amide bonds. The Hall–Kier alpha value is -1.43. The maximum atomic E-state index is 12.1. The van der Waals surface area contributed by atoms with E-state index in [0.29, 0.717) is 19.4 Å². The molecule has 0 radical (unpaired) electrons. The number of carboxylic acid groups (broad SMARTS) is 1. The monoisotopic (exact) mass is 296 g/mol. The molecule has 0 saturated heterocycles. The summed E-state index contributed by atoms with van der Waals surface area (Å²) in [5.41, 5.74) is 0.958. The van der Waals surface area contributed by atoms with Crippen molar-refractivity contribution < 1.29 is 14.7 Å². The second-order valence-electron chi connectivity index (χ2n) is 5.36. The minimum absolute atomic E-state index is 0.0265. The number of nitrogens with zero attached hydrogens (tertiary/aromatic N) is 1. The molecule has 5 nitrogen and oxygen atoms in total. The molecule has 1 aromatic heterocycles. The summed E-state index contributed by atoms with van der Waals surface area (Å²) in [6.07, 6.45) is 2.75. The molecule has 1 aliphatic carbocycles. The van der Waals surface area contributed by atoms with E-state index in [1.54, 1.807) is 11.3 Å². The van der Waals surface area contributed by atoms with E-state index in [1.165, 1.54) is 0 Å². The Morgan fingerprint density at radius 3 is 2.65 bits per heavy atom. The van der Waals surface area contributed by atoms with Gasteiger partial charge in [0.25, 0.3) is 0 Å². The van der Waals surface area contributed by atoms with Gasteiger partial charge in [-0.2, -0.15) is 0 Å². The summed E-state index contributed by atoms with van der Waals surface area (Å²) < 4.78 is 0. The van der Waals surface area contributed by atoms with Crippen LogP contribution in [0.5, 0.6) is 0 Å². The van der Waals surface area contributed by atoms with Crippen LogP contribution < -0.4 is 5.32 Å². The molecular formula is C14H20N2O3S. The van der Waals surface area contributed by atoms with Crippen LogP contribution >= 0.6 is 11.3 Å². The summed E-state index contributed by atoms with van der Waals surface area (Å²) in [5.74, 6) is -1.34. The molecule has 0 aromatic carbocycles. The molecule has 0 spiro atoms. The first-order valence-electron chi connectivity index (χ1n) is 6.90. The molecule has 0 aliphatic heterocycles. The minimum atomic E-state index is -0.781. The molecule has 20 heavy (non-hydrogen) atoms. The average Bonchev–Trinajstić information content (AvgIpc) is 2.74. The average molecular weight is 296 g/mol. The number of carbonyl (C=O) groups is 2. The topological polar surface area (TPSA) is 79.3 Å². The van der Waals surface area contributed by atoms with Gasteiger partial charge in [-0.15, -0.1) is 11.3 Å². The van der Waals surface area contributed by atoms with Gasteiger partial charge in [0.2, 0.25) is 5.91 Å². The van der Waals surface area contributed by atoms with Gasteiger partial charge < -0.3 is 10.4 Å². The number of rotatable bonds is 4. The molecule has 0 bridgehead atoms. The highest BCUT2D eigenvalue weighted by molar-refractivity contribution is 7.11. The largest absolute Gasteiger partial charge is 0.481 e. The van der Waals surface area contributed by atoms with Gasteiger partial charge in [-0.3, -0.25) is 9.59 Å². The number of thiazole rings is 1. The van der Waals surface area contributed by atoms with Crippen molar-refractivity contribution in [2.24, 2.45) is 11.8 Å². The Kier molecular flexibility index (Phi) is 4.75. The van der Waals surface area contributed by atoms with Crippen LogP contribution in [0.15, 0.2) is 0 Å².